The van der Waals surface area contributed by atoms with E-state index in [0.717, 1.165) is 5.56 Å². The van der Waals surface area contributed by atoms with Crippen LogP contribution in [0.3, 0.4) is 0 Å². The lowest BCUT2D eigenvalue weighted by atomic mass is 10.1. The van der Waals surface area contributed by atoms with Crippen molar-refractivity contribution in [3.63, 3.8) is 0 Å². The zero-order chi connectivity index (χ0) is 21.3. The Morgan fingerprint density at radius 2 is 1.93 bits per heavy atom. The van der Waals surface area contributed by atoms with E-state index >= 15 is 0 Å². The molecule has 0 saturated heterocycles. The molecule has 9 nitrogen and oxygen atoms in total. The average molecular weight is 405 g/mol. The SMILES string of the molecule is Cc1cc(C(=O)NCc2ccc(NC(=O)c3ccco3)cc2)c2c(=O)[nH]n(C)c2n1. The Balaban J connectivity index is 1.45. The summed E-state index contributed by atoms with van der Waals surface area (Å²) in [6, 6.07) is 11.9. The predicted molar refractivity (Wildman–Crippen MR) is 110 cm³/mol. The molecule has 4 rings (SSSR count). The third kappa shape index (κ3) is 3.72. The van der Waals surface area contributed by atoms with Gasteiger partial charge in [-0.3, -0.25) is 24.2 Å². The van der Waals surface area contributed by atoms with Crippen LogP contribution in [0.2, 0.25) is 0 Å². The summed E-state index contributed by atoms with van der Waals surface area (Å²) in [6.45, 7) is 2.03. The van der Waals surface area contributed by atoms with Crippen molar-refractivity contribution in [2.24, 2.45) is 7.05 Å². The highest BCUT2D eigenvalue weighted by Crippen LogP contribution is 2.15. The van der Waals surface area contributed by atoms with E-state index in [4.69, 9.17) is 4.42 Å². The molecule has 30 heavy (non-hydrogen) atoms. The van der Waals surface area contributed by atoms with E-state index in [1.165, 1.54) is 10.9 Å². The van der Waals surface area contributed by atoms with Gasteiger partial charge in [-0.05, 0) is 42.8 Å². The maximum atomic E-state index is 12.7. The van der Waals surface area contributed by atoms with Gasteiger partial charge < -0.3 is 15.1 Å². The number of H-pyrrole nitrogens is 1. The smallest absolute Gasteiger partial charge is 0.291 e. The molecule has 3 N–H and O–H groups in total. The van der Waals surface area contributed by atoms with Crippen molar-refractivity contribution in [3.8, 4) is 0 Å². The van der Waals surface area contributed by atoms with E-state index in [9.17, 15) is 14.4 Å². The summed E-state index contributed by atoms with van der Waals surface area (Å²) in [4.78, 5) is 41.2. The number of carbonyl (C=O) groups is 2. The number of carbonyl (C=O) groups excluding carboxylic acids is 2. The van der Waals surface area contributed by atoms with Gasteiger partial charge in [0.25, 0.3) is 17.4 Å². The first-order valence-corrected chi connectivity index (χ1v) is 9.21. The lowest BCUT2D eigenvalue weighted by Crippen LogP contribution is -2.24. The van der Waals surface area contributed by atoms with Crippen LogP contribution in [0.15, 0.2) is 57.9 Å². The molecule has 9 heteroatoms. The molecule has 0 fully saturated rings. The summed E-state index contributed by atoms with van der Waals surface area (Å²) >= 11 is 0. The Hall–Kier alpha value is -4.14. The number of aryl methyl sites for hydroxylation is 2. The molecule has 0 aliphatic heterocycles. The first-order chi connectivity index (χ1) is 14.4. The lowest BCUT2D eigenvalue weighted by Gasteiger charge is -2.08. The van der Waals surface area contributed by atoms with E-state index in [-0.39, 0.29) is 40.6 Å². The summed E-state index contributed by atoms with van der Waals surface area (Å²) in [6.07, 6.45) is 1.43. The van der Waals surface area contributed by atoms with Crippen LogP contribution in [0, 0.1) is 6.92 Å². The van der Waals surface area contributed by atoms with Gasteiger partial charge in [0, 0.05) is 25.0 Å². The summed E-state index contributed by atoms with van der Waals surface area (Å²) in [5, 5.41) is 8.43. The van der Waals surface area contributed by atoms with Gasteiger partial charge in [0.15, 0.2) is 11.4 Å². The van der Waals surface area contributed by atoms with Crippen LogP contribution < -0.4 is 16.2 Å². The molecule has 0 atom stereocenters. The average Bonchev–Trinajstić information content (AvgIpc) is 3.35. The van der Waals surface area contributed by atoms with Crippen molar-refractivity contribution in [3.05, 3.63) is 81.7 Å². The van der Waals surface area contributed by atoms with Crippen LogP contribution >= 0.6 is 0 Å². The minimum absolute atomic E-state index is 0.223. The summed E-state index contributed by atoms with van der Waals surface area (Å²) in [7, 11) is 1.67. The largest absolute Gasteiger partial charge is 0.459 e. The molecule has 0 aliphatic carbocycles. The number of anilines is 1. The predicted octanol–water partition coefficient (Wildman–Crippen LogP) is 2.35. The summed E-state index contributed by atoms with van der Waals surface area (Å²) in [5.41, 5.74) is 2.43. The molecule has 3 aromatic heterocycles. The fraction of sp³-hybridized carbons (Fsp3) is 0.143. The summed E-state index contributed by atoms with van der Waals surface area (Å²) < 4.78 is 6.55. The Bertz CT molecular complexity index is 1280. The molecule has 152 valence electrons. The number of fused-ring (bicyclic) bond motifs is 1. The van der Waals surface area contributed by atoms with Gasteiger partial charge in [0.05, 0.1) is 17.2 Å². The number of furan rings is 1. The Kier molecular flexibility index (Phi) is 4.93. The molecule has 0 bridgehead atoms. The highest BCUT2D eigenvalue weighted by atomic mass is 16.3. The van der Waals surface area contributed by atoms with Crippen molar-refractivity contribution in [2.45, 2.75) is 13.5 Å². The maximum Gasteiger partial charge on any atom is 0.291 e. The molecule has 0 radical (unpaired) electrons. The zero-order valence-corrected chi connectivity index (χ0v) is 16.4. The van der Waals surface area contributed by atoms with Gasteiger partial charge in [-0.25, -0.2) is 4.98 Å². The van der Waals surface area contributed by atoms with Crippen molar-refractivity contribution in [2.75, 3.05) is 5.32 Å². The van der Waals surface area contributed by atoms with Crippen LogP contribution in [0.5, 0.6) is 0 Å². The molecular weight excluding hydrogens is 386 g/mol. The van der Waals surface area contributed by atoms with Crippen LogP contribution in [0.1, 0.15) is 32.2 Å². The van der Waals surface area contributed by atoms with E-state index in [0.29, 0.717) is 17.0 Å². The van der Waals surface area contributed by atoms with Crippen LogP contribution in [0.4, 0.5) is 5.69 Å². The number of pyridine rings is 1. The molecule has 0 aliphatic rings. The topological polar surface area (TPSA) is 122 Å². The summed E-state index contributed by atoms with van der Waals surface area (Å²) in [5.74, 6) is -0.482. The molecule has 1 aromatic carbocycles. The van der Waals surface area contributed by atoms with Gasteiger partial charge in [-0.2, -0.15) is 0 Å². The number of amides is 2. The number of nitrogens with zero attached hydrogens (tertiary/aromatic N) is 2. The van der Waals surface area contributed by atoms with Crippen LogP contribution in [-0.2, 0) is 13.6 Å². The number of rotatable bonds is 5. The van der Waals surface area contributed by atoms with E-state index in [1.54, 1.807) is 56.4 Å². The van der Waals surface area contributed by atoms with Gasteiger partial charge >= 0.3 is 0 Å². The van der Waals surface area contributed by atoms with Gasteiger partial charge in [-0.15, -0.1) is 0 Å². The van der Waals surface area contributed by atoms with Crippen LogP contribution in [-0.4, -0.2) is 26.6 Å². The number of hydrogen-bond acceptors (Lipinski definition) is 5. The lowest BCUT2D eigenvalue weighted by molar-refractivity contribution is 0.0951. The highest BCUT2D eigenvalue weighted by molar-refractivity contribution is 6.05. The Morgan fingerprint density at radius 3 is 2.63 bits per heavy atom. The van der Waals surface area contributed by atoms with E-state index in [1.807, 2.05) is 0 Å². The first kappa shape index (κ1) is 19.2. The van der Waals surface area contributed by atoms with Crippen molar-refractivity contribution >= 4 is 28.5 Å². The molecule has 2 amide bonds. The van der Waals surface area contributed by atoms with Crippen LogP contribution in [0.25, 0.3) is 11.0 Å². The zero-order valence-electron chi connectivity index (χ0n) is 16.4. The van der Waals surface area contributed by atoms with Gasteiger partial charge in [0.1, 0.15) is 0 Å². The second kappa shape index (κ2) is 7.70. The third-order valence-corrected chi connectivity index (χ3v) is 4.60. The van der Waals surface area contributed by atoms with Gasteiger partial charge in [-0.1, -0.05) is 12.1 Å². The second-order valence-corrected chi connectivity index (χ2v) is 6.82. The minimum atomic E-state index is -0.364. The fourth-order valence-electron chi connectivity index (χ4n) is 3.15. The molecule has 4 aromatic rings. The van der Waals surface area contributed by atoms with Crippen molar-refractivity contribution < 1.29 is 14.0 Å². The van der Waals surface area contributed by atoms with E-state index < -0.39 is 0 Å². The number of aromatic amines is 1. The Labute approximate surface area is 170 Å². The minimum Gasteiger partial charge on any atom is -0.459 e. The highest BCUT2D eigenvalue weighted by Gasteiger charge is 2.17. The number of nitrogens with one attached hydrogen (secondary N) is 3. The van der Waals surface area contributed by atoms with Crippen molar-refractivity contribution in [1.82, 2.24) is 20.1 Å². The molecule has 0 unspecified atom stereocenters. The fourth-order valence-corrected chi connectivity index (χ4v) is 3.15. The second-order valence-electron chi connectivity index (χ2n) is 6.82. The monoisotopic (exact) mass is 405 g/mol. The standard InChI is InChI=1S/C21H19N5O4/c1-12-10-15(17-18(23-12)26(2)25-21(17)29)19(27)22-11-13-5-7-14(8-6-13)24-20(28)16-4-3-9-30-16/h3-10H,11H2,1-2H3,(H,22,27)(H,24,28)(H,25,29). The number of aromatic nitrogens is 3. The number of benzene rings is 1. The molecule has 3 heterocycles. The third-order valence-electron chi connectivity index (χ3n) is 4.60. The molecule has 0 spiro atoms. The molecule has 0 saturated carbocycles. The molecular formula is C21H19N5O4. The number of hydrogen-bond donors (Lipinski definition) is 3. The van der Waals surface area contributed by atoms with Crippen molar-refractivity contribution in [1.29, 1.82) is 0 Å². The maximum absolute atomic E-state index is 12.7. The Morgan fingerprint density at radius 1 is 1.17 bits per heavy atom. The normalized spacial score (nSPS) is 10.9. The first-order valence-electron chi connectivity index (χ1n) is 9.21. The quantitative estimate of drug-likeness (QED) is 0.470. The van der Waals surface area contributed by atoms with Gasteiger partial charge in [0.2, 0.25) is 0 Å². The van der Waals surface area contributed by atoms with E-state index in [2.05, 4.69) is 20.7 Å².